The number of nitrogens with zero attached hydrogens (tertiary/aromatic N) is 1. The summed E-state index contributed by atoms with van der Waals surface area (Å²) in [5, 5.41) is 2.93. The predicted molar refractivity (Wildman–Crippen MR) is 68.0 cm³/mol. The molecule has 1 aromatic carbocycles. The number of methoxy groups -OCH3 is 1. The van der Waals surface area contributed by atoms with Crippen LogP contribution in [0.2, 0.25) is 5.02 Å². The number of nitrogens with one attached hydrogen (secondary N) is 1. The normalized spacial score (nSPS) is 19.7. The SMILES string of the molecule is COc1ccc(Cl)c(N2C(=O)CNC(=O)C2C)c1. The molecule has 1 saturated heterocycles. The van der Waals surface area contributed by atoms with E-state index in [2.05, 4.69) is 5.32 Å². The van der Waals surface area contributed by atoms with E-state index in [1.807, 2.05) is 0 Å². The zero-order valence-corrected chi connectivity index (χ0v) is 10.8. The van der Waals surface area contributed by atoms with Crippen LogP contribution >= 0.6 is 11.6 Å². The Bertz CT molecular complexity index is 504. The molecule has 18 heavy (non-hydrogen) atoms. The van der Waals surface area contributed by atoms with Gasteiger partial charge in [-0.15, -0.1) is 0 Å². The van der Waals surface area contributed by atoms with Crippen LogP contribution in [-0.2, 0) is 9.59 Å². The van der Waals surface area contributed by atoms with Gasteiger partial charge in [-0.25, -0.2) is 0 Å². The molecule has 0 saturated carbocycles. The van der Waals surface area contributed by atoms with Crippen molar-refractivity contribution in [2.75, 3.05) is 18.6 Å². The maximum atomic E-state index is 11.9. The highest BCUT2D eigenvalue weighted by atomic mass is 35.5. The third kappa shape index (κ3) is 2.13. The number of piperazine rings is 1. The van der Waals surface area contributed by atoms with Crippen molar-refractivity contribution >= 4 is 29.1 Å². The van der Waals surface area contributed by atoms with E-state index in [1.165, 1.54) is 12.0 Å². The molecule has 2 amide bonds. The maximum absolute atomic E-state index is 11.9. The van der Waals surface area contributed by atoms with Crippen LogP contribution in [-0.4, -0.2) is 31.5 Å². The second-order valence-electron chi connectivity index (χ2n) is 3.97. The topological polar surface area (TPSA) is 58.6 Å². The van der Waals surface area contributed by atoms with Gasteiger partial charge < -0.3 is 10.1 Å². The summed E-state index contributed by atoms with van der Waals surface area (Å²) in [6, 6.07) is 4.40. The fourth-order valence-electron chi connectivity index (χ4n) is 1.88. The lowest BCUT2D eigenvalue weighted by Gasteiger charge is -2.33. The molecule has 1 aromatic rings. The summed E-state index contributed by atoms with van der Waals surface area (Å²) >= 11 is 6.08. The Morgan fingerprint density at radius 1 is 1.44 bits per heavy atom. The number of benzene rings is 1. The van der Waals surface area contributed by atoms with Gasteiger partial charge in [0.2, 0.25) is 11.8 Å². The molecule has 1 atom stereocenters. The monoisotopic (exact) mass is 268 g/mol. The minimum atomic E-state index is -0.587. The summed E-state index contributed by atoms with van der Waals surface area (Å²) in [7, 11) is 1.53. The molecular formula is C12H13ClN2O3. The Hall–Kier alpha value is -1.75. The zero-order chi connectivity index (χ0) is 13.3. The Morgan fingerprint density at radius 2 is 2.17 bits per heavy atom. The van der Waals surface area contributed by atoms with Crippen LogP contribution < -0.4 is 15.0 Å². The predicted octanol–water partition coefficient (Wildman–Crippen LogP) is 1.20. The van der Waals surface area contributed by atoms with Gasteiger partial charge in [-0.05, 0) is 19.1 Å². The van der Waals surface area contributed by atoms with E-state index in [0.717, 1.165) is 0 Å². The van der Waals surface area contributed by atoms with Crippen LogP contribution in [0, 0.1) is 0 Å². The lowest BCUT2D eigenvalue weighted by Crippen LogP contribution is -2.57. The minimum Gasteiger partial charge on any atom is -0.497 e. The third-order valence-corrected chi connectivity index (χ3v) is 3.18. The molecule has 0 radical (unpaired) electrons. The van der Waals surface area contributed by atoms with Crippen molar-refractivity contribution in [2.24, 2.45) is 0 Å². The summed E-state index contributed by atoms with van der Waals surface area (Å²) in [6.07, 6.45) is 0. The molecule has 1 heterocycles. The first-order chi connectivity index (χ1) is 8.54. The first-order valence-corrected chi connectivity index (χ1v) is 5.85. The lowest BCUT2D eigenvalue weighted by atomic mass is 10.1. The number of carbonyl (C=O) groups is 2. The number of anilines is 1. The van der Waals surface area contributed by atoms with Crippen LogP contribution in [0.3, 0.4) is 0 Å². The molecule has 96 valence electrons. The van der Waals surface area contributed by atoms with E-state index in [0.29, 0.717) is 16.5 Å². The quantitative estimate of drug-likeness (QED) is 0.877. The largest absolute Gasteiger partial charge is 0.497 e. The maximum Gasteiger partial charge on any atom is 0.247 e. The van der Waals surface area contributed by atoms with Crippen molar-refractivity contribution in [3.8, 4) is 5.75 Å². The summed E-state index contributed by atoms with van der Waals surface area (Å²) in [5.74, 6) is 0.186. The highest BCUT2D eigenvalue weighted by molar-refractivity contribution is 6.34. The number of hydrogen-bond donors (Lipinski definition) is 1. The summed E-state index contributed by atoms with van der Waals surface area (Å²) in [6.45, 7) is 1.64. The Labute approximate surface area is 110 Å². The average molecular weight is 269 g/mol. The first-order valence-electron chi connectivity index (χ1n) is 5.48. The Kier molecular flexibility index (Phi) is 3.43. The molecule has 1 aliphatic rings. The first kappa shape index (κ1) is 12.7. The highest BCUT2D eigenvalue weighted by Gasteiger charge is 2.33. The molecule has 0 bridgehead atoms. The van der Waals surface area contributed by atoms with Gasteiger partial charge in [0.1, 0.15) is 11.8 Å². The van der Waals surface area contributed by atoms with Gasteiger partial charge in [0.25, 0.3) is 0 Å². The fourth-order valence-corrected chi connectivity index (χ4v) is 2.08. The van der Waals surface area contributed by atoms with Gasteiger partial charge in [-0.1, -0.05) is 11.6 Å². The number of hydrogen-bond acceptors (Lipinski definition) is 3. The van der Waals surface area contributed by atoms with E-state index in [-0.39, 0.29) is 18.4 Å². The van der Waals surface area contributed by atoms with E-state index in [4.69, 9.17) is 16.3 Å². The molecule has 0 aromatic heterocycles. The molecule has 2 rings (SSSR count). The van der Waals surface area contributed by atoms with Gasteiger partial charge >= 0.3 is 0 Å². The van der Waals surface area contributed by atoms with Crippen molar-refractivity contribution in [1.29, 1.82) is 0 Å². The molecule has 1 N–H and O–H groups in total. The Balaban J connectivity index is 2.45. The number of halogens is 1. The van der Waals surface area contributed by atoms with Gasteiger partial charge in [-0.3, -0.25) is 14.5 Å². The van der Waals surface area contributed by atoms with E-state index in [1.54, 1.807) is 25.1 Å². The minimum absolute atomic E-state index is 0.0172. The van der Waals surface area contributed by atoms with Crippen LogP contribution in [0.1, 0.15) is 6.92 Å². The van der Waals surface area contributed by atoms with Gasteiger partial charge in [0.05, 0.1) is 24.4 Å². The number of amides is 2. The number of carbonyl (C=O) groups excluding carboxylic acids is 2. The lowest BCUT2D eigenvalue weighted by molar-refractivity contribution is -0.130. The number of ether oxygens (including phenoxy) is 1. The van der Waals surface area contributed by atoms with Crippen LogP contribution in [0.5, 0.6) is 5.75 Å². The summed E-state index contributed by atoms with van der Waals surface area (Å²) in [4.78, 5) is 24.9. The zero-order valence-electron chi connectivity index (χ0n) is 10.1. The molecule has 1 unspecified atom stereocenters. The van der Waals surface area contributed by atoms with Crippen molar-refractivity contribution in [2.45, 2.75) is 13.0 Å². The van der Waals surface area contributed by atoms with Crippen molar-refractivity contribution < 1.29 is 14.3 Å². The van der Waals surface area contributed by atoms with Crippen LogP contribution in [0.15, 0.2) is 18.2 Å². The van der Waals surface area contributed by atoms with E-state index >= 15 is 0 Å². The van der Waals surface area contributed by atoms with E-state index < -0.39 is 6.04 Å². The van der Waals surface area contributed by atoms with Gasteiger partial charge in [0, 0.05) is 6.07 Å². The number of rotatable bonds is 2. The highest BCUT2D eigenvalue weighted by Crippen LogP contribution is 2.32. The summed E-state index contributed by atoms with van der Waals surface area (Å²) < 4.78 is 5.10. The standard InChI is InChI=1S/C12H13ClN2O3/c1-7-12(17)14-6-11(16)15(7)10-5-8(18-2)3-4-9(10)13/h3-5,7H,6H2,1-2H3,(H,14,17). The molecule has 0 spiro atoms. The average Bonchev–Trinajstić information content (AvgIpc) is 2.36. The molecule has 1 aliphatic heterocycles. The second-order valence-corrected chi connectivity index (χ2v) is 4.38. The second kappa shape index (κ2) is 4.86. The molecule has 5 nitrogen and oxygen atoms in total. The smallest absolute Gasteiger partial charge is 0.247 e. The summed E-state index contributed by atoms with van der Waals surface area (Å²) in [5.41, 5.74) is 0.489. The van der Waals surface area contributed by atoms with Crippen LogP contribution in [0.25, 0.3) is 0 Å². The fraction of sp³-hybridized carbons (Fsp3) is 0.333. The van der Waals surface area contributed by atoms with Crippen molar-refractivity contribution in [1.82, 2.24) is 5.32 Å². The third-order valence-electron chi connectivity index (χ3n) is 2.86. The van der Waals surface area contributed by atoms with Crippen LogP contribution in [0.4, 0.5) is 5.69 Å². The van der Waals surface area contributed by atoms with Gasteiger partial charge in [0.15, 0.2) is 0 Å². The van der Waals surface area contributed by atoms with Crippen molar-refractivity contribution in [3.63, 3.8) is 0 Å². The van der Waals surface area contributed by atoms with E-state index in [9.17, 15) is 9.59 Å². The van der Waals surface area contributed by atoms with Gasteiger partial charge in [-0.2, -0.15) is 0 Å². The Morgan fingerprint density at radius 3 is 2.83 bits per heavy atom. The molecule has 1 fully saturated rings. The molecule has 6 heteroatoms. The molecular weight excluding hydrogens is 256 g/mol. The van der Waals surface area contributed by atoms with Crippen molar-refractivity contribution in [3.05, 3.63) is 23.2 Å². The molecule has 0 aliphatic carbocycles.